The number of rotatable bonds is 13. The van der Waals surface area contributed by atoms with Crippen molar-refractivity contribution in [3.8, 4) is 0 Å². The van der Waals surface area contributed by atoms with E-state index in [2.05, 4.69) is 10.0 Å². The van der Waals surface area contributed by atoms with Crippen LogP contribution in [0.15, 0.2) is 65.8 Å². The molecule has 372 valence electrons. The van der Waals surface area contributed by atoms with Crippen LogP contribution < -0.4 is 0 Å². The monoisotopic (exact) mass is 938 g/mol. The molecule has 4 rings (SSSR count). The van der Waals surface area contributed by atoms with E-state index in [-0.39, 0.29) is 28.1 Å². The first-order valence-corrected chi connectivity index (χ1v) is 21.0. The van der Waals surface area contributed by atoms with Crippen LogP contribution in [0.3, 0.4) is 0 Å². The highest BCUT2D eigenvalue weighted by atomic mass is 19.1. The SMILES string of the molecule is C.C.CC(C)(C)C(=O)OCC1O[C@@H](OCc2ccccc2)C(N=[N+]=[N-])[C@@H](OC(=O)C(C)(C)C)[C@@H]1F.CC(C)(C)C(=O)OCC1O[C@@H](OCc2ccccc2)C(O)[C@@H](OC(=O)C(C)(C)C)[C@@H]1F. The summed E-state index contributed by atoms with van der Waals surface area (Å²) in [6.07, 6.45) is -13.5. The quantitative estimate of drug-likeness (QED) is 0.0654. The average Bonchev–Trinajstić information content (AvgIpc) is 3.21. The summed E-state index contributed by atoms with van der Waals surface area (Å²) in [6, 6.07) is 17.0. The van der Waals surface area contributed by atoms with Crippen LogP contribution in [0.2, 0.25) is 0 Å². The Balaban J connectivity index is 0.000000642. The zero-order chi connectivity index (χ0) is 48.2. The van der Waals surface area contributed by atoms with Crippen molar-refractivity contribution in [2.75, 3.05) is 13.2 Å². The maximum absolute atomic E-state index is 15.5. The molecule has 0 radical (unpaired) electrons. The summed E-state index contributed by atoms with van der Waals surface area (Å²) >= 11 is 0. The first-order chi connectivity index (χ1) is 29.6. The molecule has 16 nitrogen and oxygen atoms in total. The molecule has 2 aliphatic heterocycles. The van der Waals surface area contributed by atoms with Gasteiger partial charge in [-0.05, 0) is 99.7 Å². The Kier molecular flexibility index (Phi) is 22.9. The van der Waals surface area contributed by atoms with Crippen molar-refractivity contribution in [2.45, 2.75) is 173 Å². The van der Waals surface area contributed by atoms with Gasteiger partial charge in [-0.25, -0.2) is 8.78 Å². The van der Waals surface area contributed by atoms with Crippen molar-refractivity contribution in [2.24, 2.45) is 26.8 Å². The van der Waals surface area contributed by atoms with Crippen molar-refractivity contribution >= 4 is 23.9 Å². The number of hydrogen-bond donors (Lipinski definition) is 1. The van der Waals surface area contributed by atoms with Crippen molar-refractivity contribution < 1.29 is 71.0 Å². The Morgan fingerprint density at radius 2 is 0.955 bits per heavy atom. The van der Waals surface area contributed by atoms with Crippen molar-refractivity contribution in [3.05, 3.63) is 82.2 Å². The first-order valence-electron chi connectivity index (χ1n) is 21.0. The zero-order valence-corrected chi connectivity index (χ0v) is 38.8. The molecule has 2 aromatic rings. The number of esters is 4. The summed E-state index contributed by atoms with van der Waals surface area (Å²) in [5.74, 6) is -2.42. The number of carbonyl (C=O) groups is 4. The molecule has 2 aromatic carbocycles. The van der Waals surface area contributed by atoms with Crippen LogP contribution in [-0.4, -0.2) is 104 Å². The summed E-state index contributed by atoms with van der Waals surface area (Å²) in [5, 5.41) is 14.3. The van der Waals surface area contributed by atoms with Gasteiger partial charge in [0.25, 0.3) is 0 Å². The van der Waals surface area contributed by atoms with Gasteiger partial charge in [-0.15, -0.1) is 0 Å². The van der Waals surface area contributed by atoms with Crippen molar-refractivity contribution in [3.63, 3.8) is 0 Å². The van der Waals surface area contributed by atoms with Gasteiger partial charge in [0, 0.05) is 4.91 Å². The Labute approximate surface area is 388 Å². The molecular formula is C48H73F2N3O13. The fraction of sp³-hybridized carbons (Fsp3) is 0.667. The lowest BCUT2D eigenvalue weighted by molar-refractivity contribution is -0.298. The fourth-order valence-electron chi connectivity index (χ4n) is 5.61. The maximum Gasteiger partial charge on any atom is 0.311 e. The molecule has 4 unspecified atom stereocenters. The van der Waals surface area contributed by atoms with Crippen molar-refractivity contribution in [1.82, 2.24) is 0 Å². The fourth-order valence-corrected chi connectivity index (χ4v) is 5.61. The number of ether oxygens (including phenoxy) is 8. The number of aliphatic hydroxyl groups is 1. The molecule has 10 atom stereocenters. The van der Waals surface area contributed by atoms with Gasteiger partial charge in [-0.1, -0.05) is 80.6 Å². The highest BCUT2D eigenvalue weighted by molar-refractivity contribution is 5.77. The number of alkyl halides is 2. The molecule has 2 saturated heterocycles. The molecule has 66 heavy (non-hydrogen) atoms. The molecule has 2 heterocycles. The van der Waals surface area contributed by atoms with E-state index in [4.69, 9.17) is 43.4 Å². The number of aliphatic hydroxyl groups excluding tert-OH is 1. The molecule has 0 saturated carbocycles. The third-order valence-corrected chi connectivity index (χ3v) is 9.58. The van der Waals surface area contributed by atoms with Crippen molar-refractivity contribution in [1.29, 1.82) is 0 Å². The Morgan fingerprint density at radius 1 is 0.606 bits per heavy atom. The number of nitrogens with zero attached hydrogens (tertiary/aromatic N) is 3. The lowest BCUT2D eigenvalue weighted by atomic mass is 9.95. The average molecular weight is 938 g/mol. The van der Waals surface area contributed by atoms with Crippen LogP contribution >= 0.6 is 0 Å². The van der Waals surface area contributed by atoms with E-state index in [0.29, 0.717) is 0 Å². The predicted octanol–water partition coefficient (Wildman–Crippen LogP) is 8.94. The van der Waals surface area contributed by atoms with Crippen LogP contribution in [0, 0.1) is 21.7 Å². The van der Waals surface area contributed by atoms with Gasteiger partial charge in [0.15, 0.2) is 31.0 Å². The zero-order valence-electron chi connectivity index (χ0n) is 38.8. The van der Waals surface area contributed by atoms with Gasteiger partial charge in [-0.3, -0.25) is 19.2 Å². The smallest absolute Gasteiger partial charge is 0.311 e. The number of hydrogen-bond acceptors (Lipinski definition) is 14. The normalized spacial score (nSPS) is 25.4. The standard InChI is InChI=1S/C23H32FN3O6.C23H33FO7.2CH4/c1-22(2,3)20(28)31-13-15-16(24)18(33-21(29)23(4,5)6)17(26-27-25)19(32-15)30-12-14-10-8-7-9-11-14;1-22(2,3)20(26)29-13-15-16(24)18(31-21(27)23(4,5)6)17(25)19(30-15)28-12-14-10-8-7-9-11-14;;/h7-11,15-19H,12-13H2,1-6H3;7-11,15-19,25H,12-13H2,1-6H3;2*1H4/t2*15?,16-,17?,18+,19-;;/m11../s1. The molecule has 18 heteroatoms. The minimum atomic E-state index is -1.92. The van der Waals surface area contributed by atoms with Gasteiger partial charge in [0.2, 0.25) is 0 Å². The van der Waals surface area contributed by atoms with Crippen LogP contribution in [0.4, 0.5) is 8.78 Å². The van der Waals surface area contributed by atoms with E-state index in [1.807, 2.05) is 60.7 Å². The highest BCUT2D eigenvalue weighted by Gasteiger charge is 2.52. The van der Waals surface area contributed by atoms with E-state index < -0.39 is 120 Å². The molecule has 1 N–H and O–H groups in total. The van der Waals surface area contributed by atoms with Gasteiger partial charge in [0.1, 0.15) is 43.7 Å². The first kappa shape index (κ1) is 59.3. The lowest BCUT2D eigenvalue weighted by Crippen LogP contribution is -2.59. The second kappa shape index (κ2) is 25.4. The predicted molar refractivity (Wildman–Crippen MR) is 241 cm³/mol. The highest BCUT2D eigenvalue weighted by Crippen LogP contribution is 2.33. The molecule has 0 aromatic heterocycles. The lowest BCUT2D eigenvalue weighted by Gasteiger charge is -2.41. The van der Waals surface area contributed by atoms with E-state index in [1.165, 1.54) is 0 Å². The number of halogens is 2. The molecule has 0 bridgehead atoms. The van der Waals surface area contributed by atoms with E-state index in [1.54, 1.807) is 83.1 Å². The topological polar surface area (TPSA) is 211 Å². The van der Waals surface area contributed by atoms with E-state index >= 15 is 8.78 Å². The largest absolute Gasteiger partial charge is 0.462 e. The summed E-state index contributed by atoms with van der Waals surface area (Å²) in [4.78, 5) is 51.9. The molecule has 0 spiro atoms. The third-order valence-electron chi connectivity index (χ3n) is 9.58. The number of azide groups is 1. The van der Waals surface area contributed by atoms with Crippen LogP contribution in [0.5, 0.6) is 0 Å². The maximum atomic E-state index is 15.5. The minimum absolute atomic E-state index is 0. The summed E-state index contributed by atoms with van der Waals surface area (Å²) < 4.78 is 74.6. The molecule has 2 aliphatic rings. The van der Waals surface area contributed by atoms with Crippen LogP contribution in [0.1, 0.15) is 109 Å². The molecule has 0 amide bonds. The number of benzene rings is 2. The second-order valence-corrected chi connectivity index (χ2v) is 19.7. The van der Waals surface area contributed by atoms with Gasteiger partial charge in [-0.2, -0.15) is 0 Å². The summed E-state index contributed by atoms with van der Waals surface area (Å²) in [7, 11) is 0. The molecule has 2 fully saturated rings. The van der Waals surface area contributed by atoms with Gasteiger partial charge >= 0.3 is 23.9 Å². The van der Waals surface area contributed by atoms with Gasteiger partial charge in [0.05, 0.1) is 34.9 Å². The third kappa shape index (κ3) is 17.8. The Bertz CT molecular complexity index is 1870. The van der Waals surface area contributed by atoms with E-state index in [9.17, 15) is 24.3 Å². The minimum Gasteiger partial charge on any atom is -0.462 e. The van der Waals surface area contributed by atoms with Gasteiger partial charge < -0.3 is 43.0 Å². The van der Waals surface area contributed by atoms with Crippen LogP contribution in [0.25, 0.3) is 10.4 Å². The Morgan fingerprint density at radius 3 is 1.33 bits per heavy atom. The molecular weight excluding hydrogens is 865 g/mol. The summed E-state index contributed by atoms with van der Waals surface area (Å²) in [5.41, 5.74) is 7.30. The second-order valence-electron chi connectivity index (χ2n) is 19.7. The van der Waals surface area contributed by atoms with E-state index in [0.717, 1.165) is 11.1 Å². The Hall–Kier alpha value is -4.71. The van der Waals surface area contributed by atoms with Crippen LogP contribution in [-0.2, 0) is 70.3 Å². The number of carbonyl (C=O) groups excluding carboxylic acids is 4. The molecule has 0 aliphatic carbocycles. The summed E-state index contributed by atoms with van der Waals surface area (Å²) in [6.45, 7) is 19.1.